The third kappa shape index (κ3) is 2.15. The van der Waals surface area contributed by atoms with Crippen LogP contribution in [0.1, 0.15) is 32.7 Å². The minimum Gasteiger partial charge on any atom is -0.340 e. The lowest BCUT2D eigenvalue weighted by Gasteiger charge is -2.24. The van der Waals surface area contributed by atoms with Gasteiger partial charge in [-0.25, -0.2) is 0 Å². The molecule has 4 rings (SSSR count). The molecule has 3 heteroatoms. The number of aryl methyl sites for hydroxylation is 2. The molecule has 24 heavy (non-hydrogen) atoms. The number of aromatic nitrogens is 1. The molecule has 0 spiro atoms. The normalized spacial score (nSPS) is 14.3. The van der Waals surface area contributed by atoms with Crippen molar-refractivity contribution in [3.05, 3.63) is 70.4 Å². The summed E-state index contributed by atoms with van der Waals surface area (Å²) in [6.07, 6.45) is 0.929. The van der Waals surface area contributed by atoms with Crippen molar-refractivity contribution in [2.75, 3.05) is 13.6 Å². The van der Waals surface area contributed by atoms with Crippen LogP contribution in [0.4, 0.5) is 0 Å². The standard InChI is InChI=1S/C21H22N2O/c1-14-9-10-17-18-11-12-22(3)21(24)20(18)23(19(17)15(14)2)13-16-7-5-4-6-8-16/h4-10H,11-13H2,1-3H3. The van der Waals surface area contributed by atoms with Gasteiger partial charge in [0.05, 0.1) is 5.52 Å². The van der Waals surface area contributed by atoms with E-state index in [9.17, 15) is 4.79 Å². The molecule has 1 aliphatic heterocycles. The van der Waals surface area contributed by atoms with Gasteiger partial charge in [-0.2, -0.15) is 0 Å². The Hall–Kier alpha value is -2.55. The molecule has 0 radical (unpaired) electrons. The van der Waals surface area contributed by atoms with Crippen molar-refractivity contribution >= 4 is 16.8 Å². The molecule has 122 valence electrons. The Bertz CT molecular complexity index is 938. The van der Waals surface area contributed by atoms with Gasteiger partial charge in [-0.15, -0.1) is 0 Å². The van der Waals surface area contributed by atoms with Crippen LogP contribution in [0, 0.1) is 13.8 Å². The van der Waals surface area contributed by atoms with Crippen LogP contribution in [-0.4, -0.2) is 29.0 Å². The van der Waals surface area contributed by atoms with E-state index in [4.69, 9.17) is 0 Å². The number of hydrogen-bond donors (Lipinski definition) is 0. The highest BCUT2D eigenvalue weighted by Crippen LogP contribution is 2.34. The van der Waals surface area contributed by atoms with Gasteiger partial charge >= 0.3 is 0 Å². The maximum atomic E-state index is 12.9. The Labute approximate surface area is 142 Å². The van der Waals surface area contributed by atoms with Crippen LogP contribution in [0.3, 0.4) is 0 Å². The van der Waals surface area contributed by atoms with Crippen LogP contribution in [0.5, 0.6) is 0 Å². The molecular formula is C21H22N2O. The Kier molecular flexibility index (Phi) is 3.45. The van der Waals surface area contributed by atoms with Gasteiger partial charge < -0.3 is 9.47 Å². The molecule has 0 saturated heterocycles. The van der Waals surface area contributed by atoms with E-state index in [1.807, 2.05) is 18.0 Å². The topological polar surface area (TPSA) is 25.2 Å². The molecule has 3 aromatic rings. The molecule has 2 aromatic carbocycles. The fourth-order valence-electron chi connectivity index (χ4n) is 3.78. The number of fused-ring (bicyclic) bond motifs is 3. The average molecular weight is 318 g/mol. The minimum absolute atomic E-state index is 0.139. The van der Waals surface area contributed by atoms with E-state index in [-0.39, 0.29) is 5.91 Å². The molecule has 1 amide bonds. The summed E-state index contributed by atoms with van der Waals surface area (Å²) in [5.74, 6) is 0.139. The van der Waals surface area contributed by atoms with E-state index in [0.717, 1.165) is 25.2 Å². The van der Waals surface area contributed by atoms with E-state index < -0.39 is 0 Å². The van der Waals surface area contributed by atoms with E-state index in [1.165, 1.54) is 33.2 Å². The first-order valence-corrected chi connectivity index (χ1v) is 8.48. The maximum Gasteiger partial charge on any atom is 0.270 e. The molecular weight excluding hydrogens is 296 g/mol. The van der Waals surface area contributed by atoms with Gasteiger partial charge in [0.25, 0.3) is 5.91 Å². The average Bonchev–Trinajstić information content (AvgIpc) is 2.90. The number of amides is 1. The van der Waals surface area contributed by atoms with Gasteiger partial charge in [-0.05, 0) is 42.5 Å². The van der Waals surface area contributed by atoms with E-state index in [0.29, 0.717) is 0 Å². The Balaban J connectivity index is 2.02. The van der Waals surface area contributed by atoms with E-state index in [2.05, 4.69) is 54.8 Å². The van der Waals surface area contributed by atoms with Gasteiger partial charge in [0.15, 0.2) is 0 Å². The molecule has 0 unspecified atom stereocenters. The van der Waals surface area contributed by atoms with Crippen molar-refractivity contribution in [3.8, 4) is 0 Å². The summed E-state index contributed by atoms with van der Waals surface area (Å²) in [5.41, 5.74) is 7.07. The number of carbonyl (C=O) groups excluding carboxylic acids is 1. The predicted octanol–water partition coefficient (Wildman–Crippen LogP) is 3.93. The molecule has 0 fully saturated rings. The Morgan fingerprint density at radius 2 is 1.79 bits per heavy atom. The molecule has 0 saturated carbocycles. The van der Waals surface area contributed by atoms with Gasteiger partial charge in [-0.1, -0.05) is 42.5 Å². The Morgan fingerprint density at radius 1 is 1.04 bits per heavy atom. The van der Waals surface area contributed by atoms with Crippen molar-refractivity contribution in [2.45, 2.75) is 26.8 Å². The van der Waals surface area contributed by atoms with E-state index in [1.54, 1.807) is 0 Å². The first kappa shape index (κ1) is 15.0. The highest BCUT2D eigenvalue weighted by atomic mass is 16.2. The monoisotopic (exact) mass is 318 g/mol. The second-order valence-corrected chi connectivity index (χ2v) is 6.78. The minimum atomic E-state index is 0.139. The van der Waals surface area contributed by atoms with Crippen molar-refractivity contribution in [1.82, 2.24) is 9.47 Å². The highest BCUT2D eigenvalue weighted by molar-refractivity contribution is 6.03. The third-order valence-corrected chi connectivity index (χ3v) is 5.28. The second kappa shape index (κ2) is 5.52. The number of likely N-dealkylation sites (N-methyl/N-ethyl adjacent to an activating group) is 1. The van der Waals surface area contributed by atoms with Crippen molar-refractivity contribution in [3.63, 3.8) is 0 Å². The fourth-order valence-corrected chi connectivity index (χ4v) is 3.78. The summed E-state index contributed by atoms with van der Waals surface area (Å²) in [7, 11) is 1.90. The smallest absolute Gasteiger partial charge is 0.270 e. The first-order valence-electron chi connectivity index (χ1n) is 8.48. The lowest BCUT2D eigenvalue weighted by molar-refractivity contribution is 0.0770. The van der Waals surface area contributed by atoms with Crippen LogP contribution in [0.2, 0.25) is 0 Å². The zero-order chi connectivity index (χ0) is 16.8. The molecule has 0 atom stereocenters. The van der Waals surface area contributed by atoms with Gasteiger partial charge in [-0.3, -0.25) is 4.79 Å². The van der Waals surface area contributed by atoms with Crippen molar-refractivity contribution in [1.29, 1.82) is 0 Å². The third-order valence-electron chi connectivity index (χ3n) is 5.28. The fraction of sp³-hybridized carbons (Fsp3) is 0.286. The SMILES string of the molecule is Cc1ccc2c3c(n(Cc4ccccc4)c2c1C)C(=O)N(C)CC3. The van der Waals surface area contributed by atoms with Gasteiger partial charge in [0, 0.05) is 25.5 Å². The first-order chi connectivity index (χ1) is 11.6. The maximum absolute atomic E-state index is 12.9. The zero-order valence-corrected chi connectivity index (χ0v) is 14.5. The van der Waals surface area contributed by atoms with Gasteiger partial charge in [0.2, 0.25) is 0 Å². The summed E-state index contributed by atoms with van der Waals surface area (Å²) in [4.78, 5) is 14.7. The molecule has 2 heterocycles. The quantitative estimate of drug-likeness (QED) is 0.703. The summed E-state index contributed by atoms with van der Waals surface area (Å²) < 4.78 is 2.24. The zero-order valence-electron chi connectivity index (χ0n) is 14.5. The number of benzene rings is 2. The lowest BCUT2D eigenvalue weighted by Crippen LogP contribution is -2.35. The molecule has 3 nitrogen and oxygen atoms in total. The summed E-state index contributed by atoms with van der Waals surface area (Å²) in [5, 5.41) is 1.24. The van der Waals surface area contributed by atoms with Crippen LogP contribution < -0.4 is 0 Å². The number of nitrogens with zero attached hydrogens (tertiary/aromatic N) is 2. The molecule has 0 N–H and O–H groups in total. The Morgan fingerprint density at radius 3 is 2.54 bits per heavy atom. The number of rotatable bonds is 2. The van der Waals surface area contributed by atoms with Crippen molar-refractivity contribution < 1.29 is 4.79 Å². The molecule has 1 aromatic heterocycles. The summed E-state index contributed by atoms with van der Waals surface area (Å²) in [6.45, 7) is 5.83. The van der Waals surface area contributed by atoms with Crippen LogP contribution in [-0.2, 0) is 13.0 Å². The molecule has 0 bridgehead atoms. The number of carbonyl (C=O) groups is 1. The lowest BCUT2D eigenvalue weighted by atomic mass is 10.0. The molecule has 1 aliphatic rings. The van der Waals surface area contributed by atoms with Crippen molar-refractivity contribution in [2.24, 2.45) is 0 Å². The van der Waals surface area contributed by atoms with E-state index >= 15 is 0 Å². The van der Waals surface area contributed by atoms with Gasteiger partial charge in [0.1, 0.15) is 5.69 Å². The highest BCUT2D eigenvalue weighted by Gasteiger charge is 2.29. The van der Waals surface area contributed by atoms with Crippen LogP contribution in [0.25, 0.3) is 10.9 Å². The largest absolute Gasteiger partial charge is 0.340 e. The number of hydrogen-bond acceptors (Lipinski definition) is 1. The van der Waals surface area contributed by atoms with Crippen LogP contribution in [0.15, 0.2) is 42.5 Å². The summed E-state index contributed by atoms with van der Waals surface area (Å²) in [6, 6.07) is 14.8. The predicted molar refractivity (Wildman–Crippen MR) is 97.6 cm³/mol. The summed E-state index contributed by atoms with van der Waals surface area (Å²) >= 11 is 0. The second-order valence-electron chi connectivity index (χ2n) is 6.78. The molecule has 0 aliphatic carbocycles. The van der Waals surface area contributed by atoms with Crippen LogP contribution >= 0.6 is 0 Å².